The molecule has 0 bridgehead atoms. The summed E-state index contributed by atoms with van der Waals surface area (Å²) in [5, 5.41) is 1.00. The van der Waals surface area contributed by atoms with Crippen LogP contribution >= 0.6 is 0 Å². The molecule has 3 nitrogen and oxygen atoms in total. The first-order chi connectivity index (χ1) is 16.1. The largest absolute Gasteiger partial charge is 0.343 e. The summed E-state index contributed by atoms with van der Waals surface area (Å²) in [6.07, 6.45) is 4.30. The van der Waals surface area contributed by atoms with Crippen LogP contribution in [0.15, 0.2) is 79.0 Å². The molecule has 5 heteroatoms. The monoisotopic (exact) mass is 444 g/mol. The predicted molar refractivity (Wildman–Crippen MR) is 126 cm³/mol. The lowest BCUT2D eigenvalue weighted by molar-refractivity contribution is -0.130. The van der Waals surface area contributed by atoms with E-state index in [1.165, 1.54) is 18.2 Å². The fraction of sp³-hybridized carbons (Fsp3) is 0.250. The van der Waals surface area contributed by atoms with E-state index in [0.29, 0.717) is 12.1 Å². The molecule has 1 atom stereocenters. The second-order valence-corrected chi connectivity index (χ2v) is 8.72. The zero-order valence-corrected chi connectivity index (χ0v) is 18.4. The van der Waals surface area contributed by atoms with Crippen LogP contribution in [0.2, 0.25) is 0 Å². The number of carbonyl (C=O) groups is 1. The summed E-state index contributed by atoms with van der Waals surface area (Å²) in [7, 11) is 0. The van der Waals surface area contributed by atoms with Gasteiger partial charge in [-0.2, -0.15) is 0 Å². The summed E-state index contributed by atoms with van der Waals surface area (Å²) in [5.41, 5.74) is 3.45. The van der Waals surface area contributed by atoms with Crippen molar-refractivity contribution < 1.29 is 13.6 Å². The van der Waals surface area contributed by atoms with Crippen LogP contribution in [0.25, 0.3) is 10.9 Å². The normalized spacial score (nSPS) is 14.7. The Kier molecular flexibility index (Phi) is 5.95. The number of fused-ring (bicyclic) bond motifs is 1. The van der Waals surface area contributed by atoms with Crippen LogP contribution in [0.1, 0.15) is 41.9 Å². The Morgan fingerprint density at radius 1 is 0.848 bits per heavy atom. The van der Waals surface area contributed by atoms with Crippen LogP contribution in [-0.2, 0) is 11.3 Å². The maximum Gasteiger partial charge on any atom is 0.223 e. The van der Waals surface area contributed by atoms with Gasteiger partial charge < -0.3 is 9.47 Å². The number of likely N-dealkylation sites (tertiary alicyclic amines) is 1. The van der Waals surface area contributed by atoms with Gasteiger partial charge in [-0.15, -0.1) is 0 Å². The van der Waals surface area contributed by atoms with E-state index in [-0.39, 0.29) is 24.0 Å². The number of hydrogen-bond donors (Lipinski definition) is 0. The van der Waals surface area contributed by atoms with Gasteiger partial charge in [-0.1, -0.05) is 48.5 Å². The lowest BCUT2D eigenvalue weighted by Gasteiger charge is -2.22. The maximum atomic E-state index is 15.0. The molecule has 1 aliphatic heterocycles. The van der Waals surface area contributed by atoms with E-state index in [4.69, 9.17) is 0 Å². The van der Waals surface area contributed by atoms with E-state index in [9.17, 15) is 13.6 Å². The smallest absolute Gasteiger partial charge is 0.223 e. The number of aromatic nitrogens is 1. The number of benzene rings is 3. The van der Waals surface area contributed by atoms with Crippen molar-refractivity contribution >= 4 is 16.8 Å². The van der Waals surface area contributed by atoms with E-state index in [1.54, 1.807) is 24.3 Å². The van der Waals surface area contributed by atoms with E-state index in [2.05, 4.69) is 4.57 Å². The molecular weight excluding hydrogens is 418 g/mol. The number of hydrogen-bond acceptors (Lipinski definition) is 1. The molecule has 0 radical (unpaired) electrons. The number of nitrogens with zero attached hydrogens (tertiary/aromatic N) is 2. The second-order valence-electron chi connectivity index (χ2n) is 8.72. The van der Waals surface area contributed by atoms with Crippen molar-refractivity contribution in [3.05, 3.63) is 107 Å². The lowest BCUT2D eigenvalue weighted by Crippen LogP contribution is -2.29. The minimum Gasteiger partial charge on any atom is -0.343 e. The van der Waals surface area contributed by atoms with Crippen molar-refractivity contribution in [1.82, 2.24) is 9.47 Å². The van der Waals surface area contributed by atoms with Gasteiger partial charge in [0, 0.05) is 49.1 Å². The number of para-hydroxylation sites is 1. The molecule has 5 rings (SSSR count). The SMILES string of the molecule is O=C(C[C@H](c1ccccc1F)c1cn(Cc2ccc(F)cc2)c2ccccc12)N1CCCC1. The highest BCUT2D eigenvalue weighted by Gasteiger charge is 2.28. The fourth-order valence-corrected chi connectivity index (χ4v) is 4.89. The molecule has 4 aromatic rings. The topological polar surface area (TPSA) is 25.2 Å². The quantitative estimate of drug-likeness (QED) is 0.352. The average molecular weight is 445 g/mol. The first-order valence-electron chi connectivity index (χ1n) is 11.4. The zero-order valence-electron chi connectivity index (χ0n) is 18.4. The van der Waals surface area contributed by atoms with E-state index in [0.717, 1.165) is 48.0 Å². The number of carbonyl (C=O) groups excluding carboxylic acids is 1. The molecule has 168 valence electrons. The van der Waals surface area contributed by atoms with E-state index < -0.39 is 5.92 Å². The van der Waals surface area contributed by atoms with Gasteiger partial charge in [0.2, 0.25) is 5.91 Å². The molecule has 1 aliphatic rings. The highest BCUT2D eigenvalue weighted by molar-refractivity contribution is 5.87. The van der Waals surface area contributed by atoms with Crippen molar-refractivity contribution in [2.75, 3.05) is 13.1 Å². The molecule has 0 saturated carbocycles. The van der Waals surface area contributed by atoms with Crippen molar-refractivity contribution in [3.8, 4) is 0 Å². The van der Waals surface area contributed by atoms with Crippen molar-refractivity contribution in [2.45, 2.75) is 31.7 Å². The van der Waals surface area contributed by atoms with Gasteiger partial charge in [0.05, 0.1) is 0 Å². The van der Waals surface area contributed by atoms with Gasteiger partial charge in [0.15, 0.2) is 0 Å². The number of rotatable bonds is 6. The molecule has 0 spiro atoms. The summed E-state index contributed by atoms with van der Waals surface area (Å²) in [5.74, 6) is -0.890. The molecule has 2 heterocycles. The van der Waals surface area contributed by atoms with Crippen LogP contribution in [0, 0.1) is 11.6 Å². The Bertz CT molecular complexity index is 1270. The minimum atomic E-state index is -0.390. The van der Waals surface area contributed by atoms with Crippen molar-refractivity contribution in [3.63, 3.8) is 0 Å². The number of halogens is 2. The van der Waals surface area contributed by atoms with Gasteiger partial charge >= 0.3 is 0 Å². The number of amides is 1. The molecule has 0 unspecified atom stereocenters. The summed E-state index contributed by atoms with van der Waals surface area (Å²) in [6, 6.07) is 21.2. The van der Waals surface area contributed by atoms with Crippen LogP contribution < -0.4 is 0 Å². The predicted octanol–water partition coefficient (Wildman–Crippen LogP) is 6.11. The molecule has 3 aromatic carbocycles. The average Bonchev–Trinajstić information content (AvgIpc) is 3.49. The molecule has 0 aliphatic carbocycles. The highest BCUT2D eigenvalue weighted by Crippen LogP contribution is 2.37. The summed E-state index contributed by atoms with van der Waals surface area (Å²) < 4.78 is 30.5. The Labute approximate surface area is 192 Å². The summed E-state index contributed by atoms with van der Waals surface area (Å²) in [4.78, 5) is 15.0. The molecule has 1 fully saturated rings. The first-order valence-corrected chi connectivity index (χ1v) is 11.4. The van der Waals surface area contributed by atoms with Crippen LogP contribution in [0.3, 0.4) is 0 Å². The third-order valence-electron chi connectivity index (χ3n) is 6.58. The zero-order chi connectivity index (χ0) is 22.8. The van der Waals surface area contributed by atoms with E-state index in [1.807, 2.05) is 41.4 Å². The van der Waals surface area contributed by atoms with E-state index >= 15 is 0 Å². The molecule has 0 N–H and O–H groups in total. The Morgan fingerprint density at radius 3 is 2.30 bits per heavy atom. The van der Waals surface area contributed by atoms with Gasteiger partial charge in [0.25, 0.3) is 0 Å². The van der Waals surface area contributed by atoms with Crippen LogP contribution in [0.4, 0.5) is 8.78 Å². The van der Waals surface area contributed by atoms with Crippen LogP contribution in [0.5, 0.6) is 0 Å². The summed E-state index contributed by atoms with van der Waals surface area (Å²) in [6.45, 7) is 2.11. The van der Waals surface area contributed by atoms with Crippen LogP contribution in [-0.4, -0.2) is 28.5 Å². The van der Waals surface area contributed by atoms with Gasteiger partial charge in [-0.25, -0.2) is 8.78 Å². The standard InChI is InChI=1S/C28H26F2N2O/c29-21-13-11-20(12-14-21)18-32-19-25(23-8-2-4-10-27(23)32)24(22-7-1-3-9-26(22)30)17-28(33)31-15-5-6-16-31/h1-4,7-14,19,24H,5-6,15-18H2/t24-/m1/s1. The fourth-order valence-electron chi connectivity index (χ4n) is 4.89. The lowest BCUT2D eigenvalue weighted by atomic mass is 9.87. The molecule has 1 saturated heterocycles. The van der Waals surface area contributed by atoms with Gasteiger partial charge in [-0.3, -0.25) is 4.79 Å². The molecule has 33 heavy (non-hydrogen) atoms. The molecular formula is C28H26F2N2O. The molecule has 1 aromatic heterocycles. The Hall–Kier alpha value is -3.47. The highest BCUT2D eigenvalue weighted by atomic mass is 19.1. The maximum absolute atomic E-state index is 15.0. The van der Waals surface area contributed by atoms with Crippen molar-refractivity contribution in [1.29, 1.82) is 0 Å². The van der Waals surface area contributed by atoms with Gasteiger partial charge in [-0.05, 0) is 53.8 Å². The van der Waals surface area contributed by atoms with Crippen molar-refractivity contribution in [2.24, 2.45) is 0 Å². The summed E-state index contributed by atoms with van der Waals surface area (Å²) >= 11 is 0. The molecule has 1 amide bonds. The minimum absolute atomic E-state index is 0.0659. The first kappa shape index (κ1) is 21.4. The second kappa shape index (κ2) is 9.18. The van der Waals surface area contributed by atoms with Gasteiger partial charge in [0.1, 0.15) is 11.6 Å². The Balaban J connectivity index is 1.58. The third kappa shape index (κ3) is 4.40. The third-order valence-corrected chi connectivity index (χ3v) is 6.58. The Morgan fingerprint density at radius 2 is 1.55 bits per heavy atom.